The Morgan fingerprint density at radius 3 is 1.90 bits per heavy atom. The summed E-state index contributed by atoms with van der Waals surface area (Å²) < 4.78 is 41.5. The van der Waals surface area contributed by atoms with Gasteiger partial charge < -0.3 is 15.2 Å². The summed E-state index contributed by atoms with van der Waals surface area (Å²) in [6, 6.07) is 8.12. The van der Waals surface area contributed by atoms with Gasteiger partial charge in [0.25, 0.3) is 0 Å². The highest BCUT2D eigenvalue weighted by Crippen LogP contribution is 2.23. The second kappa shape index (κ2) is 21.3. The molecule has 1 amide bonds. The molecule has 39 heavy (non-hydrogen) atoms. The van der Waals surface area contributed by atoms with E-state index < -0.39 is 30.7 Å². The Morgan fingerprint density at radius 2 is 1.41 bits per heavy atom. The normalized spacial score (nSPS) is 12.3. The maximum Gasteiger partial charge on any atom is 0.408 e. The molecular formula is C30H47F3N2O4. The first-order valence-corrected chi connectivity index (χ1v) is 14.3. The number of nitrogens with zero attached hydrogens (tertiary/aromatic N) is 1. The number of carbonyl (C=O) groups is 2. The zero-order valence-electron chi connectivity index (χ0n) is 23.2. The number of amides is 1. The van der Waals surface area contributed by atoms with Crippen LogP contribution in [0.3, 0.4) is 0 Å². The number of hydrogen-bond acceptors (Lipinski definition) is 4. The number of alkyl carbamates (subject to hydrolysis) is 1. The van der Waals surface area contributed by atoms with Crippen molar-refractivity contribution in [2.45, 2.75) is 109 Å². The van der Waals surface area contributed by atoms with E-state index in [0.29, 0.717) is 13.0 Å². The second-order valence-corrected chi connectivity index (χ2v) is 10.1. The highest BCUT2D eigenvalue weighted by atomic mass is 19.4. The molecule has 0 aliphatic carbocycles. The third-order valence-electron chi connectivity index (χ3n) is 6.57. The molecule has 0 aromatic heterocycles. The third kappa shape index (κ3) is 20.1. The number of nitrogens with one attached hydrogen (secondary N) is 1. The molecule has 222 valence electrons. The Hall–Kier alpha value is -2.55. The average molecular weight is 557 g/mol. The van der Waals surface area contributed by atoms with E-state index in [4.69, 9.17) is 4.74 Å². The van der Waals surface area contributed by atoms with Crippen LogP contribution < -0.4 is 5.32 Å². The molecule has 0 unspecified atom stereocenters. The number of unbranched alkanes of at least 4 members (excludes halogenated alkanes) is 12. The summed E-state index contributed by atoms with van der Waals surface area (Å²) in [4.78, 5) is 25.8. The van der Waals surface area contributed by atoms with Crippen LogP contribution >= 0.6 is 0 Å². The molecule has 2 N–H and O–H groups in total. The smallest absolute Gasteiger partial charge is 0.408 e. The van der Waals surface area contributed by atoms with Gasteiger partial charge in [-0.25, -0.2) is 9.59 Å². The van der Waals surface area contributed by atoms with Gasteiger partial charge in [0.05, 0.1) is 0 Å². The monoisotopic (exact) mass is 556 g/mol. The average Bonchev–Trinajstić information content (AvgIpc) is 2.89. The number of carboxylic acids is 1. The molecule has 0 heterocycles. The van der Waals surface area contributed by atoms with Gasteiger partial charge in [0.15, 0.2) is 0 Å². The molecule has 1 aromatic carbocycles. The summed E-state index contributed by atoms with van der Waals surface area (Å²) in [6.45, 7) is 5.26. The van der Waals surface area contributed by atoms with Crippen molar-refractivity contribution >= 4 is 12.1 Å². The van der Waals surface area contributed by atoms with E-state index in [1.165, 1.54) is 19.3 Å². The number of alkyl halides is 3. The molecule has 0 saturated carbocycles. The minimum Gasteiger partial charge on any atom is -0.480 e. The summed E-state index contributed by atoms with van der Waals surface area (Å²) in [5, 5.41) is 12.0. The summed E-state index contributed by atoms with van der Waals surface area (Å²) in [6.07, 6.45) is 9.16. The Balaban J connectivity index is 2.11. The Bertz CT molecular complexity index is 790. The van der Waals surface area contributed by atoms with Gasteiger partial charge in [-0.1, -0.05) is 107 Å². The van der Waals surface area contributed by atoms with Crippen molar-refractivity contribution < 1.29 is 32.6 Å². The Morgan fingerprint density at radius 1 is 0.897 bits per heavy atom. The number of benzene rings is 1. The van der Waals surface area contributed by atoms with E-state index in [1.807, 2.05) is 35.2 Å². The molecule has 0 fully saturated rings. The molecule has 1 atom stereocenters. The van der Waals surface area contributed by atoms with E-state index in [9.17, 15) is 27.9 Å². The van der Waals surface area contributed by atoms with Crippen LogP contribution in [0, 0.1) is 0 Å². The van der Waals surface area contributed by atoms with Crippen LogP contribution in [0.2, 0.25) is 0 Å². The van der Waals surface area contributed by atoms with Gasteiger partial charge >= 0.3 is 18.2 Å². The molecule has 0 spiro atoms. The number of aliphatic carboxylic acids is 1. The fourth-order valence-corrected chi connectivity index (χ4v) is 4.40. The zero-order chi connectivity index (χ0) is 28.8. The van der Waals surface area contributed by atoms with Gasteiger partial charge in [0, 0.05) is 19.5 Å². The largest absolute Gasteiger partial charge is 0.480 e. The molecule has 1 aromatic rings. The number of ether oxygens (including phenoxy) is 1. The minimum atomic E-state index is -4.02. The molecule has 1 rings (SSSR count). The quantitative estimate of drug-likeness (QED) is 0.106. The Kier molecular flexibility index (Phi) is 18.8. The molecule has 0 radical (unpaired) electrons. The van der Waals surface area contributed by atoms with Crippen molar-refractivity contribution in [3.8, 4) is 0 Å². The topological polar surface area (TPSA) is 78.9 Å². The standard InChI is InChI=1S/C30H47F3N2O4/c1-2-22-35(24-27(28(36)37)34-29(38)39-25-26-19-15-14-16-20-26)23-18-13-11-9-7-5-3-4-6-8-10-12-17-21-30(31,32)33/h2,14-16,19-20,27H,1,3-13,17-18,21-25H2,(H,34,38)(H,36,37)/t27-/m0/s1. The number of halogens is 3. The molecular weight excluding hydrogens is 509 g/mol. The first-order valence-electron chi connectivity index (χ1n) is 14.3. The molecule has 0 saturated heterocycles. The van der Waals surface area contributed by atoms with E-state index in [-0.39, 0.29) is 19.6 Å². The van der Waals surface area contributed by atoms with Crippen molar-refractivity contribution in [3.05, 3.63) is 48.6 Å². The third-order valence-corrected chi connectivity index (χ3v) is 6.57. The highest BCUT2D eigenvalue weighted by Gasteiger charge is 2.25. The van der Waals surface area contributed by atoms with E-state index in [0.717, 1.165) is 63.5 Å². The van der Waals surface area contributed by atoms with Gasteiger partial charge in [-0.15, -0.1) is 6.58 Å². The van der Waals surface area contributed by atoms with Crippen LogP contribution in [0.25, 0.3) is 0 Å². The van der Waals surface area contributed by atoms with Gasteiger partial charge in [-0.05, 0) is 24.9 Å². The van der Waals surface area contributed by atoms with E-state index >= 15 is 0 Å². The minimum absolute atomic E-state index is 0.0732. The fourth-order valence-electron chi connectivity index (χ4n) is 4.40. The zero-order valence-corrected chi connectivity index (χ0v) is 23.2. The lowest BCUT2D eigenvalue weighted by molar-refractivity contribution is -0.140. The lowest BCUT2D eigenvalue weighted by atomic mass is 10.0. The maximum atomic E-state index is 12.1. The molecule has 0 bridgehead atoms. The van der Waals surface area contributed by atoms with E-state index in [1.54, 1.807) is 6.08 Å². The van der Waals surface area contributed by atoms with E-state index in [2.05, 4.69) is 11.9 Å². The van der Waals surface area contributed by atoms with Crippen molar-refractivity contribution in [3.63, 3.8) is 0 Å². The first kappa shape index (κ1) is 34.5. The van der Waals surface area contributed by atoms with Gasteiger partial charge in [0.1, 0.15) is 12.6 Å². The van der Waals surface area contributed by atoms with Crippen molar-refractivity contribution in [2.24, 2.45) is 0 Å². The molecule has 0 aliphatic heterocycles. The van der Waals surface area contributed by atoms with Crippen LogP contribution in [-0.4, -0.2) is 53.9 Å². The lowest BCUT2D eigenvalue weighted by Crippen LogP contribution is -2.48. The number of carbonyl (C=O) groups excluding carboxylic acids is 1. The molecule has 0 aliphatic rings. The molecule has 9 heteroatoms. The first-order chi connectivity index (χ1) is 18.7. The van der Waals surface area contributed by atoms with Gasteiger partial charge in [0.2, 0.25) is 0 Å². The van der Waals surface area contributed by atoms with Crippen LogP contribution in [0.4, 0.5) is 18.0 Å². The summed E-state index contributed by atoms with van der Waals surface area (Å²) in [7, 11) is 0. The molecule has 6 nitrogen and oxygen atoms in total. The number of hydrogen-bond donors (Lipinski definition) is 2. The predicted molar refractivity (Wildman–Crippen MR) is 149 cm³/mol. The maximum absolute atomic E-state index is 12.1. The van der Waals surface area contributed by atoms with Crippen molar-refractivity contribution in [1.29, 1.82) is 0 Å². The van der Waals surface area contributed by atoms with Gasteiger partial charge in [-0.2, -0.15) is 13.2 Å². The van der Waals surface area contributed by atoms with Crippen LogP contribution in [-0.2, 0) is 16.1 Å². The summed E-state index contributed by atoms with van der Waals surface area (Å²) >= 11 is 0. The fraction of sp³-hybridized carbons (Fsp3) is 0.667. The highest BCUT2D eigenvalue weighted by molar-refractivity contribution is 5.80. The van der Waals surface area contributed by atoms with Crippen LogP contribution in [0.5, 0.6) is 0 Å². The predicted octanol–water partition coefficient (Wildman–Crippen LogP) is 7.88. The van der Waals surface area contributed by atoms with Crippen molar-refractivity contribution in [1.82, 2.24) is 10.2 Å². The summed E-state index contributed by atoms with van der Waals surface area (Å²) in [5.41, 5.74) is 0.823. The van der Waals surface area contributed by atoms with Crippen LogP contribution in [0.15, 0.2) is 43.0 Å². The SMILES string of the molecule is C=CCN(CCCCCCCCCCCCCCCC(F)(F)F)C[C@H](NC(=O)OCc1ccccc1)C(=O)O. The second-order valence-electron chi connectivity index (χ2n) is 10.1. The lowest BCUT2D eigenvalue weighted by Gasteiger charge is -2.25. The van der Waals surface area contributed by atoms with Crippen molar-refractivity contribution in [2.75, 3.05) is 19.6 Å². The summed E-state index contributed by atoms with van der Waals surface area (Å²) in [5.74, 6) is -1.11. The van der Waals surface area contributed by atoms with Gasteiger partial charge in [-0.3, -0.25) is 4.90 Å². The Labute approximate surface area is 232 Å². The van der Waals surface area contributed by atoms with Crippen LogP contribution in [0.1, 0.15) is 95.5 Å². The number of rotatable bonds is 23. The number of carboxylic acid groups (broad SMARTS) is 1.